The number of benzene rings is 1. The van der Waals surface area contributed by atoms with Gasteiger partial charge in [0.2, 0.25) is 0 Å². The first-order chi connectivity index (χ1) is 10.6. The van der Waals surface area contributed by atoms with Gasteiger partial charge in [0.1, 0.15) is 0 Å². The molecule has 0 saturated carbocycles. The Balaban J connectivity index is 1.83. The van der Waals surface area contributed by atoms with Crippen molar-refractivity contribution in [1.82, 2.24) is 10.2 Å². The van der Waals surface area contributed by atoms with Crippen LogP contribution in [0.4, 0.5) is 26.3 Å². The van der Waals surface area contributed by atoms with Crippen molar-refractivity contribution < 1.29 is 26.3 Å². The zero-order valence-corrected chi connectivity index (χ0v) is 12.1. The van der Waals surface area contributed by atoms with Crippen molar-refractivity contribution in [2.75, 3.05) is 26.2 Å². The summed E-state index contributed by atoms with van der Waals surface area (Å²) >= 11 is 0. The third-order valence-electron chi connectivity index (χ3n) is 4.52. The van der Waals surface area contributed by atoms with E-state index in [-0.39, 0.29) is 18.2 Å². The minimum absolute atomic E-state index is 0.0556. The highest BCUT2D eigenvalue weighted by Gasteiger charge is 2.38. The van der Waals surface area contributed by atoms with Gasteiger partial charge in [0.05, 0.1) is 11.1 Å². The first-order valence-electron chi connectivity index (χ1n) is 7.34. The predicted molar refractivity (Wildman–Crippen MR) is 71.6 cm³/mol. The van der Waals surface area contributed by atoms with E-state index in [0.717, 1.165) is 25.2 Å². The molecule has 1 aromatic carbocycles. The lowest BCUT2D eigenvalue weighted by Gasteiger charge is -2.19. The van der Waals surface area contributed by atoms with E-state index in [1.807, 2.05) is 4.90 Å². The zero-order chi connectivity index (χ0) is 16.8. The molecule has 2 nitrogen and oxygen atoms in total. The van der Waals surface area contributed by atoms with Gasteiger partial charge in [-0.25, -0.2) is 0 Å². The van der Waals surface area contributed by atoms with Crippen molar-refractivity contribution in [3.8, 4) is 0 Å². The molecule has 128 valence electrons. The third-order valence-corrected chi connectivity index (χ3v) is 4.52. The van der Waals surface area contributed by atoms with Crippen LogP contribution in [-0.4, -0.2) is 31.1 Å². The van der Waals surface area contributed by atoms with Gasteiger partial charge < -0.3 is 5.32 Å². The predicted octanol–water partition coefficient (Wildman–Crippen LogP) is 3.38. The largest absolute Gasteiger partial charge is 0.416 e. The summed E-state index contributed by atoms with van der Waals surface area (Å²) in [6.07, 6.45) is -9.58. The second-order valence-corrected chi connectivity index (χ2v) is 6.29. The lowest BCUT2D eigenvalue weighted by molar-refractivity contribution is -0.143. The molecular formula is C15H16F6N2. The molecule has 2 saturated heterocycles. The lowest BCUT2D eigenvalue weighted by Crippen LogP contribution is -2.25. The maximum Gasteiger partial charge on any atom is 0.416 e. The molecule has 23 heavy (non-hydrogen) atoms. The number of nitrogens with one attached hydrogen (secondary N) is 1. The highest BCUT2D eigenvalue weighted by Crippen LogP contribution is 2.37. The van der Waals surface area contributed by atoms with Crippen LogP contribution in [0.5, 0.6) is 0 Å². The standard InChI is InChI=1S/C15H16F6N2/c16-14(17,18)12-1-9(2-13(3-12)15(19,20)21)6-23-7-10-4-22-5-11(10)8-23/h1-3,10-11,22H,4-8H2/t10-,11+. The number of rotatable bonds is 2. The van der Waals surface area contributed by atoms with E-state index in [1.54, 1.807) is 0 Å². The first-order valence-corrected chi connectivity index (χ1v) is 7.34. The minimum Gasteiger partial charge on any atom is -0.316 e. The van der Waals surface area contributed by atoms with E-state index in [0.29, 0.717) is 24.9 Å². The smallest absolute Gasteiger partial charge is 0.316 e. The van der Waals surface area contributed by atoms with E-state index in [4.69, 9.17) is 0 Å². The average Bonchev–Trinajstić information content (AvgIpc) is 2.97. The van der Waals surface area contributed by atoms with E-state index >= 15 is 0 Å². The van der Waals surface area contributed by atoms with Gasteiger partial charge in [-0.2, -0.15) is 26.3 Å². The highest BCUT2D eigenvalue weighted by molar-refractivity contribution is 5.33. The summed E-state index contributed by atoms with van der Waals surface area (Å²) in [6, 6.07) is 1.81. The molecule has 3 rings (SSSR count). The van der Waals surface area contributed by atoms with Crippen LogP contribution in [0.3, 0.4) is 0 Å². The molecule has 0 aromatic heterocycles. The molecule has 0 unspecified atom stereocenters. The third kappa shape index (κ3) is 3.63. The normalized spacial score (nSPS) is 25.8. The van der Waals surface area contributed by atoms with Crippen molar-refractivity contribution in [1.29, 1.82) is 0 Å². The number of hydrogen-bond donors (Lipinski definition) is 1. The van der Waals surface area contributed by atoms with Crippen molar-refractivity contribution in [2.24, 2.45) is 11.8 Å². The van der Waals surface area contributed by atoms with Gasteiger partial charge in [-0.1, -0.05) is 0 Å². The monoisotopic (exact) mass is 338 g/mol. The highest BCUT2D eigenvalue weighted by atomic mass is 19.4. The maximum absolute atomic E-state index is 12.8. The number of alkyl halides is 6. The maximum atomic E-state index is 12.8. The Morgan fingerprint density at radius 3 is 1.78 bits per heavy atom. The summed E-state index contributed by atoms with van der Waals surface area (Å²) in [4.78, 5) is 1.94. The fourth-order valence-electron chi connectivity index (χ4n) is 3.45. The number of hydrogen-bond acceptors (Lipinski definition) is 2. The number of halogens is 6. The Hall–Kier alpha value is -1.28. The molecule has 8 heteroatoms. The molecule has 0 amide bonds. The van der Waals surface area contributed by atoms with Gasteiger partial charge in [0, 0.05) is 19.6 Å². The lowest BCUT2D eigenvalue weighted by atomic mass is 10.0. The Labute approximate surface area is 129 Å². The van der Waals surface area contributed by atoms with Gasteiger partial charge in [-0.05, 0) is 48.7 Å². The van der Waals surface area contributed by atoms with Gasteiger partial charge in [0.15, 0.2) is 0 Å². The van der Waals surface area contributed by atoms with Gasteiger partial charge in [-0.3, -0.25) is 4.90 Å². The molecular weight excluding hydrogens is 322 g/mol. The van der Waals surface area contributed by atoms with E-state index in [1.165, 1.54) is 0 Å². The molecule has 2 heterocycles. The van der Waals surface area contributed by atoms with Crippen molar-refractivity contribution >= 4 is 0 Å². The van der Waals surface area contributed by atoms with Crippen LogP contribution in [0, 0.1) is 11.8 Å². The molecule has 1 aromatic rings. The SMILES string of the molecule is FC(F)(F)c1cc(CN2C[C@H]3CNC[C@H]3C2)cc(C(F)(F)F)c1. The summed E-state index contributed by atoms with van der Waals surface area (Å²) < 4.78 is 77.1. The second kappa shape index (κ2) is 5.66. The Kier molecular flexibility index (Phi) is 4.08. The molecule has 0 spiro atoms. The second-order valence-electron chi connectivity index (χ2n) is 6.29. The summed E-state index contributed by atoms with van der Waals surface area (Å²) in [7, 11) is 0. The van der Waals surface area contributed by atoms with Crippen molar-refractivity contribution in [3.05, 3.63) is 34.9 Å². The Bertz CT molecular complexity index is 536. The minimum atomic E-state index is -4.79. The van der Waals surface area contributed by atoms with Crippen LogP contribution in [0.2, 0.25) is 0 Å². The van der Waals surface area contributed by atoms with Crippen LogP contribution in [-0.2, 0) is 18.9 Å². The molecule has 0 radical (unpaired) electrons. The molecule has 1 N–H and O–H groups in total. The molecule has 2 aliphatic heterocycles. The van der Waals surface area contributed by atoms with E-state index in [9.17, 15) is 26.3 Å². The van der Waals surface area contributed by atoms with Gasteiger partial charge in [-0.15, -0.1) is 0 Å². The quantitative estimate of drug-likeness (QED) is 0.832. The first kappa shape index (κ1) is 16.6. The number of likely N-dealkylation sites (tertiary alicyclic amines) is 1. The van der Waals surface area contributed by atoms with Crippen LogP contribution in [0.25, 0.3) is 0 Å². The molecule has 2 atom stereocenters. The van der Waals surface area contributed by atoms with Crippen LogP contribution in [0.15, 0.2) is 18.2 Å². The number of fused-ring (bicyclic) bond motifs is 1. The van der Waals surface area contributed by atoms with Crippen molar-refractivity contribution in [2.45, 2.75) is 18.9 Å². The van der Waals surface area contributed by atoms with Gasteiger partial charge >= 0.3 is 12.4 Å². The molecule has 0 bridgehead atoms. The average molecular weight is 338 g/mol. The fourth-order valence-corrected chi connectivity index (χ4v) is 3.45. The van der Waals surface area contributed by atoms with Gasteiger partial charge in [0.25, 0.3) is 0 Å². The molecule has 0 aliphatic carbocycles. The van der Waals surface area contributed by atoms with Crippen LogP contribution in [0.1, 0.15) is 16.7 Å². The summed E-state index contributed by atoms with van der Waals surface area (Å²) in [5, 5.41) is 3.24. The summed E-state index contributed by atoms with van der Waals surface area (Å²) in [5.74, 6) is 0.866. The molecule has 2 aliphatic rings. The van der Waals surface area contributed by atoms with Crippen molar-refractivity contribution in [3.63, 3.8) is 0 Å². The zero-order valence-electron chi connectivity index (χ0n) is 12.1. The summed E-state index contributed by atoms with van der Waals surface area (Å²) in [6.45, 7) is 3.24. The summed E-state index contributed by atoms with van der Waals surface area (Å²) in [5.41, 5.74) is -2.44. The Morgan fingerprint density at radius 1 is 0.870 bits per heavy atom. The Morgan fingerprint density at radius 2 is 1.35 bits per heavy atom. The molecule has 2 fully saturated rings. The van der Waals surface area contributed by atoms with E-state index in [2.05, 4.69) is 5.32 Å². The number of nitrogens with zero attached hydrogens (tertiary/aromatic N) is 1. The van der Waals surface area contributed by atoms with Crippen LogP contribution >= 0.6 is 0 Å². The topological polar surface area (TPSA) is 15.3 Å². The van der Waals surface area contributed by atoms with Crippen LogP contribution < -0.4 is 5.32 Å². The fraction of sp³-hybridized carbons (Fsp3) is 0.600. The van der Waals surface area contributed by atoms with E-state index < -0.39 is 23.5 Å².